The fourth-order valence-corrected chi connectivity index (χ4v) is 4.28. The molecule has 1 aliphatic carbocycles. The van der Waals surface area contributed by atoms with Crippen LogP contribution >= 0.6 is 11.6 Å². The highest BCUT2D eigenvalue weighted by Crippen LogP contribution is 2.27. The lowest BCUT2D eigenvalue weighted by atomic mass is 10.1. The second kappa shape index (κ2) is 7.34. The topological polar surface area (TPSA) is 75.3 Å². The van der Waals surface area contributed by atoms with E-state index in [0.717, 1.165) is 18.4 Å². The molecule has 2 aromatic rings. The monoisotopic (exact) mass is 396 g/mol. The van der Waals surface area contributed by atoms with Gasteiger partial charge in [-0.05, 0) is 55.7 Å². The van der Waals surface area contributed by atoms with E-state index >= 15 is 0 Å². The number of carbonyl (C=O) groups excluding carboxylic acids is 1. The molecular formula is C18H18ClFN2O3S. The van der Waals surface area contributed by atoms with Crippen LogP contribution in [0.25, 0.3) is 0 Å². The summed E-state index contributed by atoms with van der Waals surface area (Å²) in [5.41, 5.74) is 0.913. The van der Waals surface area contributed by atoms with E-state index < -0.39 is 15.9 Å². The molecule has 2 aromatic carbocycles. The highest BCUT2D eigenvalue weighted by atomic mass is 35.5. The van der Waals surface area contributed by atoms with Gasteiger partial charge in [-0.3, -0.25) is 4.79 Å². The second-order valence-corrected chi connectivity index (χ2v) is 8.38. The van der Waals surface area contributed by atoms with Crippen molar-refractivity contribution in [1.29, 1.82) is 0 Å². The fourth-order valence-electron chi connectivity index (χ4n) is 2.45. The fraction of sp³-hybridized carbons (Fsp3) is 0.278. The molecule has 1 atom stereocenters. The summed E-state index contributed by atoms with van der Waals surface area (Å²) in [7, 11) is -3.77. The highest BCUT2D eigenvalue weighted by Gasteiger charge is 2.29. The molecule has 5 nitrogen and oxygen atoms in total. The minimum atomic E-state index is -3.77. The van der Waals surface area contributed by atoms with Gasteiger partial charge < -0.3 is 5.32 Å². The van der Waals surface area contributed by atoms with Gasteiger partial charge in [0.25, 0.3) is 5.91 Å². The predicted molar refractivity (Wildman–Crippen MR) is 97.1 cm³/mol. The van der Waals surface area contributed by atoms with Crippen LogP contribution in [0.15, 0.2) is 47.4 Å². The van der Waals surface area contributed by atoms with Crippen molar-refractivity contribution >= 4 is 27.5 Å². The van der Waals surface area contributed by atoms with E-state index in [1.807, 2.05) is 0 Å². The maximum absolute atomic E-state index is 13.0. The number of hydrogen-bond donors (Lipinski definition) is 2. The molecule has 0 aliphatic heterocycles. The maximum Gasteiger partial charge on any atom is 0.251 e. The Kier molecular flexibility index (Phi) is 5.32. The summed E-state index contributed by atoms with van der Waals surface area (Å²) in [6, 6.07) is 9.47. The summed E-state index contributed by atoms with van der Waals surface area (Å²) in [6.07, 6.45) is 1.60. The molecule has 0 spiro atoms. The summed E-state index contributed by atoms with van der Waals surface area (Å²) in [4.78, 5) is 12.4. The summed E-state index contributed by atoms with van der Waals surface area (Å²) in [6.45, 7) is 1.76. The molecule has 138 valence electrons. The van der Waals surface area contributed by atoms with E-state index in [2.05, 4.69) is 10.0 Å². The lowest BCUT2D eigenvalue weighted by Crippen LogP contribution is -2.28. The van der Waals surface area contributed by atoms with Crippen molar-refractivity contribution in [1.82, 2.24) is 10.0 Å². The molecule has 3 rings (SSSR count). The summed E-state index contributed by atoms with van der Waals surface area (Å²) in [5.74, 6) is -0.802. The Hall–Kier alpha value is -1.96. The number of halogens is 2. The van der Waals surface area contributed by atoms with Crippen LogP contribution in [0, 0.1) is 5.82 Å². The van der Waals surface area contributed by atoms with Gasteiger partial charge in [-0.1, -0.05) is 23.7 Å². The van der Waals surface area contributed by atoms with Crippen LogP contribution in [0.5, 0.6) is 0 Å². The molecule has 8 heteroatoms. The Morgan fingerprint density at radius 2 is 1.85 bits per heavy atom. The molecule has 0 saturated heterocycles. The zero-order chi connectivity index (χ0) is 18.9. The van der Waals surface area contributed by atoms with Crippen LogP contribution in [0.4, 0.5) is 4.39 Å². The Morgan fingerprint density at radius 3 is 2.46 bits per heavy atom. The number of sulfonamides is 1. The molecule has 2 N–H and O–H groups in total. The van der Waals surface area contributed by atoms with Gasteiger partial charge in [-0.2, -0.15) is 0 Å². The Bertz CT molecular complexity index is 928. The number of nitrogens with one attached hydrogen (secondary N) is 2. The van der Waals surface area contributed by atoms with Crippen LogP contribution in [0.2, 0.25) is 5.02 Å². The van der Waals surface area contributed by atoms with E-state index in [4.69, 9.17) is 11.6 Å². The number of benzene rings is 2. The van der Waals surface area contributed by atoms with Crippen molar-refractivity contribution in [2.24, 2.45) is 0 Å². The van der Waals surface area contributed by atoms with Crippen molar-refractivity contribution < 1.29 is 17.6 Å². The van der Waals surface area contributed by atoms with Gasteiger partial charge in [0.2, 0.25) is 10.0 Å². The van der Waals surface area contributed by atoms with Crippen molar-refractivity contribution in [2.45, 2.75) is 36.7 Å². The third-order valence-corrected chi connectivity index (χ3v) is 6.10. The average Bonchev–Trinajstić information content (AvgIpc) is 3.38. The van der Waals surface area contributed by atoms with E-state index in [0.29, 0.717) is 0 Å². The first-order chi connectivity index (χ1) is 12.3. The van der Waals surface area contributed by atoms with E-state index in [1.54, 1.807) is 19.1 Å². The lowest BCUT2D eigenvalue weighted by Gasteiger charge is -2.15. The van der Waals surface area contributed by atoms with Gasteiger partial charge >= 0.3 is 0 Å². The standard InChI is InChI=1S/C18H18ClFN2O3S/c1-11(12-2-5-14(20)6-3-12)21-18(23)13-4-9-16(19)17(10-13)26(24,25)22-15-7-8-15/h2-6,9-11,15,22H,7-8H2,1H3,(H,21,23)/t11-/m0/s1. The summed E-state index contributed by atoms with van der Waals surface area (Å²) in [5, 5.41) is 2.82. The van der Waals surface area contributed by atoms with Gasteiger partial charge in [0.1, 0.15) is 10.7 Å². The Morgan fingerprint density at radius 1 is 1.19 bits per heavy atom. The van der Waals surface area contributed by atoms with Crippen molar-refractivity contribution in [2.75, 3.05) is 0 Å². The van der Waals surface area contributed by atoms with Gasteiger partial charge in [-0.25, -0.2) is 17.5 Å². The quantitative estimate of drug-likeness (QED) is 0.785. The molecule has 0 bridgehead atoms. The molecule has 1 amide bonds. The van der Waals surface area contributed by atoms with E-state index in [1.165, 1.54) is 30.3 Å². The lowest BCUT2D eigenvalue weighted by molar-refractivity contribution is 0.0939. The van der Waals surface area contributed by atoms with Gasteiger partial charge in [0.05, 0.1) is 11.1 Å². The molecular weight excluding hydrogens is 379 g/mol. The molecule has 1 fully saturated rings. The summed E-state index contributed by atoms with van der Waals surface area (Å²) >= 11 is 6.02. The van der Waals surface area contributed by atoms with Crippen LogP contribution in [-0.4, -0.2) is 20.4 Å². The smallest absolute Gasteiger partial charge is 0.251 e. The number of rotatable bonds is 6. The highest BCUT2D eigenvalue weighted by molar-refractivity contribution is 7.89. The zero-order valence-corrected chi connectivity index (χ0v) is 15.6. The predicted octanol–water partition coefficient (Wildman–Crippen LogP) is 3.41. The largest absolute Gasteiger partial charge is 0.346 e. The van der Waals surface area contributed by atoms with E-state index in [-0.39, 0.29) is 33.4 Å². The number of amides is 1. The van der Waals surface area contributed by atoms with Crippen LogP contribution in [-0.2, 0) is 10.0 Å². The number of hydrogen-bond acceptors (Lipinski definition) is 3. The van der Waals surface area contributed by atoms with Gasteiger partial charge in [0, 0.05) is 11.6 Å². The van der Waals surface area contributed by atoms with Crippen molar-refractivity contribution in [3.05, 3.63) is 64.4 Å². The normalized spacial score (nSPS) is 15.5. The van der Waals surface area contributed by atoms with Crippen molar-refractivity contribution in [3.8, 4) is 0 Å². The van der Waals surface area contributed by atoms with E-state index in [9.17, 15) is 17.6 Å². The average molecular weight is 397 g/mol. The zero-order valence-electron chi connectivity index (χ0n) is 14.0. The maximum atomic E-state index is 13.0. The third kappa shape index (κ3) is 4.41. The van der Waals surface area contributed by atoms with Crippen LogP contribution in [0.1, 0.15) is 41.7 Å². The van der Waals surface area contributed by atoms with Gasteiger partial charge in [-0.15, -0.1) is 0 Å². The Balaban J connectivity index is 1.79. The first-order valence-corrected chi connectivity index (χ1v) is 10.0. The molecule has 0 radical (unpaired) electrons. The van der Waals surface area contributed by atoms with Crippen LogP contribution < -0.4 is 10.0 Å². The second-order valence-electron chi connectivity index (χ2n) is 6.29. The van der Waals surface area contributed by atoms with Crippen LogP contribution in [0.3, 0.4) is 0 Å². The molecule has 1 aliphatic rings. The minimum absolute atomic E-state index is 0.0567. The number of carbonyl (C=O) groups is 1. The SMILES string of the molecule is C[C@H](NC(=O)c1ccc(Cl)c(S(=O)(=O)NC2CC2)c1)c1ccc(F)cc1. The molecule has 26 heavy (non-hydrogen) atoms. The van der Waals surface area contributed by atoms with Gasteiger partial charge in [0.15, 0.2) is 0 Å². The molecule has 0 heterocycles. The van der Waals surface area contributed by atoms with Crippen molar-refractivity contribution in [3.63, 3.8) is 0 Å². The Labute approximate surface area is 156 Å². The third-order valence-electron chi connectivity index (χ3n) is 4.10. The molecule has 0 unspecified atom stereocenters. The first-order valence-electron chi connectivity index (χ1n) is 8.14. The first kappa shape index (κ1) is 18.8. The minimum Gasteiger partial charge on any atom is -0.346 e. The summed E-state index contributed by atoms with van der Waals surface area (Å²) < 4.78 is 40.3. The molecule has 0 aromatic heterocycles. The molecule has 1 saturated carbocycles.